The molecule has 2 aliphatic rings. The van der Waals surface area contributed by atoms with E-state index in [-0.39, 0.29) is 17.1 Å². The zero-order valence-electron chi connectivity index (χ0n) is 18.6. The van der Waals surface area contributed by atoms with E-state index in [1.807, 2.05) is 49.4 Å². The monoisotopic (exact) mass is 446 g/mol. The molecule has 34 heavy (non-hydrogen) atoms. The number of phenols is 1. The highest BCUT2D eigenvalue weighted by molar-refractivity contribution is 6.17. The number of carboxylic acid groups (broad SMARTS) is 1. The summed E-state index contributed by atoms with van der Waals surface area (Å²) in [5, 5.41) is 23.7. The Morgan fingerprint density at radius 1 is 1.06 bits per heavy atom. The Morgan fingerprint density at radius 2 is 1.88 bits per heavy atom. The molecule has 0 fully saturated rings. The van der Waals surface area contributed by atoms with Crippen LogP contribution in [0, 0.1) is 0 Å². The van der Waals surface area contributed by atoms with Gasteiger partial charge in [-0.25, -0.2) is 4.79 Å². The fourth-order valence-electron chi connectivity index (χ4n) is 5.04. The van der Waals surface area contributed by atoms with Crippen molar-refractivity contribution in [3.63, 3.8) is 0 Å². The summed E-state index contributed by atoms with van der Waals surface area (Å²) >= 11 is 0. The van der Waals surface area contributed by atoms with E-state index in [1.165, 1.54) is 12.2 Å². The van der Waals surface area contributed by atoms with Gasteiger partial charge < -0.3 is 10.2 Å². The van der Waals surface area contributed by atoms with Crippen molar-refractivity contribution in [2.24, 2.45) is 0 Å². The van der Waals surface area contributed by atoms with Gasteiger partial charge in [0.15, 0.2) is 5.78 Å². The fraction of sp³-hybridized carbons (Fsp3) is 0.0667. The summed E-state index contributed by atoms with van der Waals surface area (Å²) in [7, 11) is 0. The van der Waals surface area contributed by atoms with E-state index < -0.39 is 5.97 Å². The van der Waals surface area contributed by atoms with E-state index in [4.69, 9.17) is 0 Å². The molecule has 0 unspecified atom stereocenters. The quantitative estimate of drug-likeness (QED) is 0.466. The molecule has 0 atom stereocenters. The molecule has 2 aliphatic carbocycles. The second-order valence-corrected chi connectivity index (χ2v) is 8.35. The van der Waals surface area contributed by atoms with Gasteiger partial charge in [-0.05, 0) is 98.3 Å². The van der Waals surface area contributed by atoms with Gasteiger partial charge in [-0.2, -0.15) is 0 Å². The number of ketones is 1. The lowest BCUT2D eigenvalue weighted by atomic mass is 9.77. The first kappa shape index (κ1) is 21.4. The first-order chi connectivity index (χ1) is 16.4. The van der Waals surface area contributed by atoms with E-state index in [0.29, 0.717) is 12.0 Å². The number of benzene rings is 3. The number of phenolic OH excluding ortho intramolecular Hbond substituents is 1. The zero-order chi connectivity index (χ0) is 24.0. The maximum absolute atomic E-state index is 12.2. The lowest BCUT2D eigenvalue weighted by Crippen LogP contribution is -2.29. The third-order valence-electron chi connectivity index (χ3n) is 6.47. The van der Waals surface area contributed by atoms with Crippen molar-refractivity contribution in [2.75, 3.05) is 0 Å². The van der Waals surface area contributed by atoms with Crippen LogP contribution in [0.25, 0.3) is 28.5 Å². The Bertz CT molecular complexity index is 1650. The maximum atomic E-state index is 12.2. The van der Waals surface area contributed by atoms with Crippen molar-refractivity contribution in [3.8, 4) is 5.75 Å². The number of allylic oxidation sites excluding steroid dienone is 4. The molecule has 3 aromatic rings. The molecule has 0 radical (unpaired) electrons. The van der Waals surface area contributed by atoms with Gasteiger partial charge in [0.2, 0.25) is 0 Å². The average molecular weight is 447 g/mol. The lowest BCUT2D eigenvalue weighted by Gasteiger charge is -2.26. The Hall–Kier alpha value is -4.44. The first-order valence-corrected chi connectivity index (χ1v) is 11.0. The molecule has 4 heteroatoms. The molecular weight excluding hydrogens is 424 g/mol. The van der Waals surface area contributed by atoms with Crippen LogP contribution in [0.15, 0.2) is 84.5 Å². The van der Waals surface area contributed by atoms with E-state index in [9.17, 15) is 19.8 Å². The smallest absolute Gasteiger partial charge is 0.336 e. The van der Waals surface area contributed by atoms with Crippen molar-refractivity contribution in [2.45, 2.75) is 13.3 Å². The summed E-state index contributed by atoms with van der Waals surface area (Å²) in [4.78, 5) is 24.2. The molecule has 0 heterocycles. The largest absolute Gasteiger partial charge is 0.508 e. The molecule has 0 spiro atoms. The van der Waals surface area contributed by atoms with Gasteiger partial charge in [0.05, 0.1) is 5.57 Å². The van der Waals surface area contributed by atoms with E-state index >= 15 is 0 Å². The van der Waals surface area contributed by atoms with Gasteiger partial charge in [-0.3, -0.25) is 4.79 Å². The first-order valence-electron chi connectivity index (χ1n) is 11.0. The van der Waals surface area contributed by atoms with Gasteiger partial charge in [0.1, 0.15) is 5.75 Å². The number of aromatic hydroxyl groups is 1. The van der Waals surface area contributed by atoms with Crippen molar-refractivity contribution in [1.82, 2.24) is 0 Å². The predicted octanol–water partition coefficient (Wildman–Crippen LogP) is 4.17. The predicted molar refractivity (Wildman–Crippen MR) is 135 cm³/mol. The molecule has 0 aliphatic heterocycles. The van der Waals surface area contributed by atoms with E-state index in [2.05, 4.69) is 6.58 Å². The Balaban J connectivity index is 1.95. The third kappa shape index (κ3) is 3.32. The zero-order valence-corrected chi connectivity index (χ0v) is 18.6. The molecule has 0 saturated heterocycles. The molecule has 0 aromatic heterocycles. The molecule has 5 rings (SSSR count). The van der Waals surface area contributed by atoms with Gasteiger partial charge in [0.25, 0.3) is 0 Å². The number of carbonyl (C=O) groups excluding carboxylic acids is 1. The number of rotatable bonds is 4. The second kappa shape index (κ2) is 8.16. The van der Waals surface area contributed by atoms with Gasteiger partial charge in [-0.1, -0.05) is 55.1 Å². The van der Waals surface area contributed by atoms with Gasteiger partial charge in [-0.15, -0.1) is 0 Å². The van der Waals surface area contributed by atoms with E-state index in [0.717, 1.165) is 49.0 Å². The Morgan fingerprint density at radius 3 is 2.62 bits per heavy atom. The van der Waals surface area contributed by atoms with Crippen molar-refractivity contribution in [3.05, 3.63) is 117 Å². The Kier molecular flexibility index (Phi) is 5.14. The minimum Gasteiger partial charge on any atom is -0.508 e. The summed E-state index contributed by atoms with van der Waals surface area (Å²) in [6.07, 6.45) is 10.5. The molecule has 0 saturated carbocycles. The summed E-state index contributed by atoms with van der Waals surface area (Å²) in [6.45, 7) is 5.54. The van der Waals surface area contributed by atoms with Crippen LogP contribution >= 0.6 is 0 Å². The number of fused-ring (bicyclic) bond motifs is 6. The lowest BCUT2D eigenvalue weighted by molar-refractivity contribution is -0.132. The molecule has 166 valence electrons. The van der Waals surface area contributed by atoms with Crippen LogP contribution in [-0.2, 0) is 16.0 Å². The summed E-state index contributed by atoms with van der Waals surface area (Å²) in [6, 6.07) is 13.2. The van der Waals surface area contributed by atoms with Crippen molar-refractivity contribution >= 4 is 40.3 Å². The highest BCUT2D eigenvalue weighted by atomic mass is 16.4. The normalized spacial score (nSPS) is 14.9. The summed E-state index contributed by atoms with van der Waals surface area (Å²) < 4.78 is 0. The molecule has 0 amide bonds. The number of carboxylic acids is 1. The highest BCUT2D eigenvalue weighted by Crippen LogP contribution is 2.37. The maximum Gasteiger partial charge on any atom is 0.336 e. The van der Waals surface area contributed by atoms with Crippen LogP contribution in [0.5, 0.6) is 5.75 Å². The number of aliphatic carboxylic acids is 1. The molecule has 3 aromatic carbocycles. The van der Waals surface area contributed by atoms with Gasteiger partial charge in [0, 0.05) is 0 Å². The van der Waals surface area contributed by atoms with Crippen LogP contribution < -0.4 is 10.4 Å². The van der Waals surface area contributed by atoms with Crippen molar-refractivity contribution < 1.29 is 19.8 Å². The number of hydrogen-bond donors (Lipinski definition) is 2. The minimum absolute atomic E-state index is 0.0509. The second-order valence-electron chi connectivity index (χ2n) is 8.35. The Labute approximate surface area is 196 Å². The van der Waals surface area contributed by atoms with Crippen LogP contribution in [0.4, 0.5) is 0 Å². The fourth-order valence-corrected chi connectivity index (χ4v) is 5.04. The average Bonchev–Trinajstić information content (AvgIpc) is 2.82. The summed E-state index contributed by atoms with van der Waals surface area (Å²) in [5.74, 6) is -0.890. The molecule has 4 nitrogen and oxygen atoms in total. The number of hydrogen-bond acceptors (Lipinski definition) is 3. The molecule has 2 N–H and O–H groups in total. The van der Waals surface area contributed by atoms with Crippen molar-refractivity contribution in [1.29, 1.82) is 0 Å². The van der Waals surface area contributed by atoms with Crippen LogP contribution in [0.2, 0.25) is 0 Å². The number of carbonyl (C=O) groups is 2. The topological polar surface area (TPSA) is 74.6 Å². The summed E-state index contributed by atoms with van der Waals surface area (Å²) in [5.41, 5.74) is 5.62. The van der Waals surface area contributed by atoms with Crippen LogP contribution in [0.3, 0.4) is 0 Å². The highest BCUT2D eigenvalue weighted by Gasteiger charge is 2.26. The molecule has 0 bridgehead atoms. The van der Waals surface area contributed by atoms with Gasteiger partial charge >= 0.3 is 5.97 Å². The molecular formula is C30H22O4. The minimum atomic E-state index is -1.03. The van der Waals surface area contributed by atoms with Crippen LogP contribution in [0.1, 0.15) is 29.2 Å². The van der Waals surface area contributed by atoms with Crippen LogP contribution in [-0.4, -0.2) is 22.0 Å². The standard InChI is InChI=1S/C30H22O4/c1-3-5-26(30(33)34)21(4-2)29-24-10-6-17-14-19(31)8-12-22(17)27(24)16-28-23-13-9-20(32)15-18(23)7-11-25(28)29/h3-15,31H,1,16H2,2H3,(H,33,34)/b21-4+,26-5+. The third-order valence-corrected chi connectivity index (χ3v) is 6.47. The SMILES string of the molecule is C=C/C=C(C(=O)O)\C(=C/C)C1=c2ccc3c(c2Cc2c1ccc1cc(O)ccc21)C=CC(=O)C=3. The van der Waals surface area contributed by atoms with E-state index in [1.54, 1.807) is 24.3 Å².